The number of ether oxygens (including phenoxy) is 1. The number of carboxylic acids is 1. The number of benzene rings is 5. The highest BCUT2D eigenvalue weighted by Crippen LogP contribution is 2.35. The molecule has 0 aromatic heterocycles. The van der Waals surface area contributed by atoms with Crippen LogP contribution in [0.4, 0.5) is 0 Å². The highest BCUT2D eigenvalue weighted by atomic mass is 16.5. The number of hydrogen-bond acceptors (Lipinski definition) is 3. The van der Waals surface area contributed by atoms with Crippen molar-refractivity contribution in [3.05, 3.63) is 108 Å². The fourth-order valence-corrected chi connectivity index (χ4v) is 4.49. The number of carboxylic acid groups (broad SMARTS) is 1. The highest BCUT2D eigenvalue weighted by Gasteiger charge is 2.16. The van der Waals surface area contributed by atoms with Crippen LogP contribution >= 0.6 is 0 Å². The Hall–Kier alpha value is -4.44. The summed E-state index contributed by atoms with van der Waals surface area (Å²) in [5, 5.41) is 14.0. The molecule has 0 atom stereocenters. The maximum absolute atomic E-state index is 11.8. The molecule has 0 fully saturated rings. The first-order valence-electron chi connectivity index (χ1n) is 11.0. The van der Waals surface area contributed by atoms with Gasteiger partial charge in [0.25, 0.3) is 6.47 Å². The summed E-state index contributed by atoms with van der Waals surface area (Å²) in [4.78, 5) is 22.8. The third-order valence-corrected chi connectivity index (χ3v) is 6.10. The number of rotatable bonds is 7. The van der Waals surface area contributed by atoms with Gasteiger partial charge >= 0.3 is 5.97 Å². The zero-order valence-electron chi connectivity index (χ0n) is 18.4. The molecule has 0 unspecified atom stereocenters. The summed E-state index contributed by atoms with van der Waals surface area (Å²) < 4.78 is 5.15. The predicted molar refractivity (Wildman–Crippen MR) is 135 cm³/mol. The molecule has 0 aliphatic rings. The normalized spacial score (nSPS) is 10.9. The van der Waals surface area contributed by atoms with E-state index in [1.54, 1.807) is 0 Å². The summed E-state index contributed by atoms with van der Waals surface area (Å²) in [6.07, 6.45) is -0.114. The van der Waals surface area contributed by atoms with Gasteiger partial charge in [0.15, 0.2) is 0 Å². The van der Waals surface area contributed by atoms with Crippen molar-refractivity contribution >= 4 is 34.0 Å². The summed E-state index contributed by atoms with van der Waals surface area (Å²) in [5.41, 5.74) is 5.07. The molecule has 166 valence electrons. The van der Waals surface area contributed by atoms with Gasteiger partial charge in [0.1, 0.15) is 6.61 Å². The molecule has 4 heteroatoms. The summed E-state index contributed by atoms with van der Waals surface area (Å²) >= 11 is 0. The van der Waals surface area contributed by atoms with Crippen LogP contribution in [0.25, 0.3) is 43.8 Å². The lowest BCUT2D eigenvalue weighted by molar-refractivity contribution is -0.136. The van der Waals surface area contributed by atoms with E-state index in [4.69, 9.17) is 4.74 Å². The maximum atomic E-state index is 11.8. The van der Waals surface area contributed by atoms with Crippen molar-refractivity contribution in [3.8, 4) is 22.3 Å². The second kappa shape index (κ2) is 9.20. The Morgan fingerprint density at radius 2 is 1.18 bits per heavy atom. The molecule has 4 nitrogen and oxygen atoms in total. The lowest BCUT2D eigenvalue weighted by Crippen LogP contribution is -2.05. The monoisotopic (exact) mass is 446 g/mol. The molecule has 5 aromatic carbocycles. The Morgan fingerprint density at radius 1 is 0.676 bits per heavy atom. The van der Waals surface area contributed by atoms with Gasteiger partial charge < -0.3 is 9.84 Å². The van der Waals surface area contributed by atoms with Crippen LogP contribution in [0.3, 0.4) is 0 Å². The van der Waals surface area contributed by atoms with E-state index in [1.165, 1.54) is 0 Å². The van der Waals surface area contributed by atoms with Gasteiger partial charge in [-0.05, 0) is 79.2 Å². The molecule has 0 saturated carbocycles. The lowest BCUT2D eigenvalue weighted by Gasteiger charge is -2.17. The molecule has 5 rings (SSSR count). The number of carbonyl (C=O) groups excluding carboxylic acids is 1. The molecule has 0 aliphatic heterocycles. The minimum Gasteiger partial charge on any atom is -0.481 e. The van der Waals surface area contributed by atoms with Crippen LogP contribution in [-0.4, -0.2) is 17.5 Å². The Bertz CT molecular complexity index is 1530. The third-order valence-electron chi connectivity index (χ3n) is 6.10. The van der Waals surface area contributed by atoms with E-state index in [-0.39, 0.29) is 13.0 Å². The van der Waals surface area contributed by atoms with Crippen molar-refractivity contribution in [3.63, 3.8) is 0 Å². The summed E-state index contributed by atoms with van der Waals surface area (Å²) in [5.74, 6) is -0.900. The Kier molecular flexibility index (Phi) is 5.79. The van der Waals surface area contributed by atoms with Crippen LogP contribution in [0.15, 0.2) is 97.1 Å². The van der Waals surface area contributed by atoms with E-state index in [9.17, 15) is 14.7 Å². The minimum atomic E-state index is -0.900. The average molecular weight is 447 g/mol. The quantitative estimate of drug-likeness (QED) is 0.285. The highest BCUT2D eigenvalue weighted by molar-refractivity contribution is 5.91. The van der Waals surface area contributed by atoms with Crippen molar-refractivity contribution < 1.29 is 19.4 Å². The lowest BCUT2D eigenvalue weighted by atomic mass is 9.88. The smallest absolute Gasteiger partial charge is 0.307 e. The Labute approximate surface area is 197 Å². The van der Waals surface area contributed by atoms with Gasteiger partial charge in [-0.2, -0.15) is 0 Å². The number of fused-ring (bicyclic) bond motifs is 2. The van der Waals surface area contributed by atoms with Gasteiger partial charge in [-0.3, -0.25) is 9.59 Å². The molecule has 34 heavy (non-hydrogen) atoms. The second-order valence-electron chi connectivity index (χ2n) is 8.27. The van der Waals surface area contributed by atoms with E-state index >= 15 is 0 Å². The van der Waals surface area contributed by atoms with E-state index < -0.39 is 5.97 Å². The van der Waals surface area contributed by atoms with Crippen molar-refractivity contribution in [2.24, 2.45) is 0 Å². The van der Waals surface area contributed by atoms with Crippen LogP contribution in [0, 0.1) is 0 Å². The van der Waals surface area contributed by atoms with Crippen molar-refractivity contribution in [1.29, 1.82) is 0 Å². The third kappa shape index (κ3) is 4.26. The first-order chi connectivity index (χ1) is 16.6. The van der Waals surface area contributed by atoms with Crippen LogP contribution in [0.1, 0.15) is 11.1 Å². The van der Waals surface area contributed by atoms with Crippen LogP contribution in [0.2, 0.25) is 0 Å². The summed E-state index contributed by atoms with van der Waals surface area (Å²) in [7, 11) is 0. The second-order valence-corrected chi connectivity index (χ2v) is 8.27. The standard InChI is InChI=1S/C30H22O4/c31-19-34-18-27-16-28(24-11-9-20-5-1-3-7-22(20)13-24)26(17-30(32)33)15-29(27)25-12-10-21-6-2-4-8-23(21)14-25/h1-16,19H,17-18H2,(H,32,33). The minimum absolute atomic E-state index is 0.0968. The van der Waals surface area contributed by atoms with Gasteiger partial charge in [0, 0.05) is 0 Å². The predicted octanol–water partition coefficient (Wildman–Crippen LogP) is 6.63. The maximum Gasteiger partial charge on any atom is 0.307 e. The molecule has 0 heterocycles. The topological polar surface area (TPSA) is 63.6 Å². The van der Waals surface area contributed by atoms with E-state index in [2.05, 4.69) is 12.1 Å². The van der Waals surface area contributed by atoms with Crippen molar-refractivity contribution in [2.75, 3.05) is 0 Å². The molecule has 0 radical (unpaired) electrons. The molecule has 5 aromatic rings. The SMILES string of the molecule is O=COCc1cc(-c2ccc3ccccc3c2)c(CC(=O)O)cc1-c1ccc2ccccc2c1. The van der Waals surface area contributed by atoms with Crippen molar-refractivity contribution in [1.82, 2.24) is 0 Å². The first kappa shape index (κ1) is 21.4. The zero-order valence-corrected chi connectivity index (χ0v) is 18.4. The zero-order chi connectivity index (χ0) is 23.5. The Balaban J connectivity index is 1.72. The largest absolute Gasteiger partial charge is 0.481 e. The Morgan fingerprint density at radius 3 is 1.71 bits per heavy atom. The van der Waals surface area contributed by atoms with Gasteiger partial charge in [-0.25, -0.2) is 0 Å². The molecule has 0 aliphatic carbocycles. The van der Waals surface area contributed by atoms with Gasteiger partial charge in [0.2, 0.25) is 0 Å². The fraction of sp³-hybridized carbons (Fsp3) is 0.0667. The molecule has 0 bridgehead atoms. The number of carbonyl (C=O) groups is 2. The molecular formula is C30H22O4. The van der Waals surface area contributed by atoms with Crippen molar-refractivity contribution in [2.45, 2.75) is 13.0 Å². The summed E-state index contributed by atoms with van der Waals surface area (Å²) in [6, 6.07) is 32.3. The average Bonchev–Trinajstić information content (AvgIpc) is 2.86. The van der Waals surface area contributed by atoms with Crippen LogP contribution in [0.5, 0.6) is 0 Å². The number of hydrogen-bond donors (Lipinski definition) is 1. The van der Waals surface area contributed by atoms with E-state index in [0.717, 1.165) is 49.4 Å². The van der Waals surface area contributed by atoms with Gasteiger partial charge in [-0.15, -0.1) is 0 Å². The molecule has 0 amide bonds. The molecule has 1 N–H and O–H groups in total. The van der Waals surface area contributed by atoms with Crippen LogP contribution < -0.4 is 0 Å². The molecular weight excluding hydrogens is 424 g/mol. The summed E-state index contributed by atoms with van der Waals surface area (Å²) in [6.45, 7) is 0.532. The number of aliphatic carboxylic acids is 1. The van der Waals surface area contributed by atoms with E-state index in [0.29, 0.717) is 12.0 Å². The van der Waals surface area contributed by atoms with E-state index in [1.807, 2.05) is 84.9 Å². The van der Waals surface area contributed by atoms with Crippen LogP contribution in [-0.2, 0) is 27.4 Å². The van der Waals surface area contributed by atoms with Gasteiger partial charge in [-0.1, -0.05) is 72.8 Å². The molecule has 0 saturated heterocycles. The fourth-order valence-electron chi connectivity index (χ4n) is 4.49. The first-order valence-corrected chi connectivity index (χ1v) is 11.0. The molecule has 0 spiro atoms. The van der Waals surface area contributed by atoms with Gasteiger partial charge in [0.05, 0.1) is 6.42 Å².